The van der Waals surface area contributed by atoms with Crippen LogP contribution in [-0.4, -0.2) is 29.6 Å². The van der Waals surface area contributed by atoms with Gasteiger partial charge in [-0.15, -0.1) is 0 Å². The molecule has 88 valence electrons. The van der Waals surface area contributed by atoms with E-state index < -0.39 is 0 Å². The molecule has 0 aliphatic heterocycles. The second-order valence-electron chi connectivity index (χ2n) is 3.46. The second-order valence-corrected chi connectivity index (χ2v) is 4.45. The Morgan fingerprint density at radius 1 is 1.38 bits per heavy atom. The molecule has 16 heavy (non-hydrogen) atoms. The van der Waals surface area contributed by atoms with Crippen LogP contribution in [0.15, 0.2) is 24.3 Å². The summed E-state index contributed by atoms with van der Waals surface area (Å²) in [5, 5.41) is 11.6. The lowest BCUT2D eigenvalue weighted by Crippen LogP contribution is -2.12. The maximum Gasteiger partial charge on any atom is 0.225 e. The molecule has 1 amide bonds. The summed E-state index contributed by atoms with van der Waals surface area (Å²) in [7, 11) is 0. The van der Waals surface area contributed by atoms with Crippen molar-refractivity contribution in [3.8, 4) is 0 Å². The number of thioether (sulfide) groups is 1. The molecule has 3 nitrogen and oxygen atoms in total. The van der Waals surface area contributed by atoms with Crippen LogP contribution in [0.3, 0.4) is 0 Å². The maximum absolute atomic E-state index is 11.4. The molecule has 0 atom stereocenters. The number of nitrogens with one attached hydrogen (secondary N) is 1. The molecule has 0 aliphatic carbocycles. The predicted molar refractivity (Wildman–Crippen MR) is 68.9 cm³/mol. The van der Waals surface area contributed by atoms with Gasteiger partial charge in [-0.1, -0.05) is 12.1 Å². The number of amides is 1. The summed E-state index contributed by atoms with van der Waals surface area (Å²) in [6, 6.07) is 7.56. The number of aliphatic hydroxyl groups is 1. The smallest absolute Gasteiger partial charge is 0.225 e. The molecule has 1 rings (SSSR count). The fraction of sp³-hybridized carbons (Fsp3) is 0.417. The van der Waals surface area contributed by atoms with Gasteiger partial charge in [0.1, 0.15) is 0 Å². The average molecular weight is 239 g/mol. The maximum atomic E-state index is 11.4. The first-order valence-electron chi connectivity index (χ1n) is 5.25. The van der Waals surface area contributed by atoms with Crippen molar-refractivity contribution in [2.45, 2.75) is 12.8 Å². The molecule has 0 spiro atoms. The average Bonchev–Trinajstić information content (AvgIpc) is 2.29. The van der Waals surface area contributed by atoms with Crippen molar-refractivity contribution >= 4 is 23.4 Å². The molecule has 0 saturated carbocycles. The van der Waals surface area contributed by atoms with E-state index in [1.54, 1.807) is 11.8 Å². The lowest BCUT2D eigenvalue weighted by molar-refractivity contribution is -0.115. The number of aliphatic hydroxyl groups excluding tert-OH is 1. The van der Waals surface area contributed by atoms with E-state index in [4.69, 9.17) is 5.11 Å². The minimum Gasteiger partial charge on any atom is -0.396 e. The zero-order chi connectivity index (χ0) is 11.8. The summed E-state index contributed by atoms with van der Waals surface area (Å²) in [5.41, 5.74) is 1.89. The zero-order valence-electron chi connectivity index (χ0n) is 9.40. The summed E-state index contributed by atoms with van der Waals surface area (Å²) in [5.74, 6) is 0.887. The van der Waals surface area contributed by atoms with E-state index in [-0.39, 0.29) is 12.5 Å². The van der Waals surface area contributed by atoms with Gasteiger partial charge in [0, 0.05) is 24.5 Å². The lowest BCUT2D eigenvalue weighted by Gasteiger charge is -2.05. The van der Waals surface area contributed by atoms with Gasteiger partial charge in [-0.25, -0.2) is 0 Å². The van der Waals surface area contributed by atoms with E-state index in [9.17, 15) is 4.79 Å². The summed E-state index contributed by atoms with van der Waals surface area (Å²) in [6.07, 6.45) is 3.18. The molecule has 0 heterocycles. The van der Waals surface area contributed by atoms with E-state index in [0.29, 0.717) is 12.8 Å². The third kappa shape index (κ3) is 4.68. The molecule has 0 radical (unpaired) electrons. The van der Waals surface area contributed by atoms with E-state index in [1.165, 1.54) is 0 Å². The Labute approximate surface area is 100 Å². The van der Waals surface area contributed by atoms with Gasteiger partial charge in [0.15, 0.2) is 0 Å². The number of anilines is 1. The number of hydrogen-bond acceptors (Lipinski definition) is 3. The topological polar surface area (TPSA) is 49.3 Å². The highest BCUT2D eigenvalue weighted by atomic mass is 32.2. The van der Waals surface area contributed by atoms with Crippen molar-refractivity contribution in [3.05, 3.63) is 29.8 Å². The van der Waals surface area contributed by atoms with E-state index in [1.807, 2.05) is 30.5 Å². The highest BCUT2D eigenvalue weighted by Gasteiger charge is 2.01. The van der Waals surface area contributed by atoms with Crippen LogP contribution >= 0.6 is 11.8 Å². The molecule has 4 heteroatoms. The van der Waals surface area contributed by atoms with Crippen LogP contribution in [0.5, 0.6) is 0 Å². The molecular weight excluding hydrogens is 222 g/mol. The van der Waals surface area contributed by atoms with Crippen LogP contribution < -0.4 is 5.32 Å². The van der Waals surface area contributed by atoms with Crippen molar-refractivity contribution in [2.75, 3.05) is 23.9 Å². The molecule has 0 saturated heterocycles. The fourth-order valence-corrected chi connectivity index (χ4v) is 1.69. The standard InChI is InChI=1S/C12H17NO2S/c1-16-9-7-12(15)13-11-4-2-10(3-5-11)6-8-14/h2-5,14H,6-9H2,1H3,(H,13,15). The molecule has 0 fully saturated rings. The van der Waals surface area contributed by atoms with Crippen LogP contribution in [0, 0.1) is 0 Å². The third-order valence-electron chi connectivity index (χ3n) is 2.17. The van der Waals surface area contributed by atoms with Crippen LogP contribution in [0.25, 0.3) is 0 Å². The number of carbonyl (C=O) groups excluding carboxylic acids is 1. The van der Waals surface area contributed by atoms with Gasteiger partial charge >= 0.3 is 0 Å². The van der Waals surface area contributed by atoms with E-state index in [0.717, 1.165) is 17.0 Å². The number of rotatable bonds is 6. The molecule has 2 N–H and O–H groups in total. The van der Waals surface area contributed by atoms with Crippen LogP contribution in [-0.2, 0) is 11.2 Å². The van der Waals surface area contributed by atoms with Gasteiger partial charge in [0.2, 0.25) is 5.91 Å². The summed E-state index contributed by atoms with van der Waals surface area (Å²) >= 11 is 1.66. The Morgan fingerprint density at radius 2 is 2.06 bits per heavy atom. The van der Waals surface area contributed by atoms with Crippen molar-refractivity contribution in [3.63, 3.8) is 0 Å². The molecule has 0 aromatic heterocycles. The SMILES string of the molecule is CSCCC(=O)Nc1ccc(CCO)cc1. The van der Waals surface area contributed by atoms with Crippen LogP contribution in [0.4, 0.5) is 5.69 Å². The minimum absolute atomic E-state index is 0.0456. The summed E-state index contributed by atoms with van der Waals surface area (Å²) in [4.78, 5) is 11.4. The normalized spacial score (nSPS) is 10.1. The van der Waals surface area contributed by atoms with Crippen molar-refractivity contribution in [1.82, 2.24) is 0 Å². The lowest BCUT2D eigenvalue weighted by atomic mass is 10.1. The van der Waals surface area contributed by atoms with Crippen molar-refractivity contribution in [1.29, 1.82) is 0 Å². The quantitative estimate of drug-likeness (QED) is 0.797. The van der Waals surface area contributed by atoms with Crippen molar-refractivity contribution in [2.24, 2.45) is 0 Å². The van der Waals surface area contributed by atoms with Crippen LogP contribution in [0.1, 0.15) is 12.0 Å². The highest BCUT2D eigenvalue weighted by molar-refractivity contribution is 7.98. The highest BCUT2D eigenvalue weighted by Crippen LogP contribution is 2.10. The van der Waals surface area contributed by atoms with Crippen LogP contribution in [0.2, 0.25) is 0 Å². The Kier molecular flexibility index (Phi) is 5.96. The van der Waals surface area contributed by atoms with Gasteiger partial charge in [-0.05, 0) is 30.4 Å². The number of carbonyl (C=O) groups is 1. The Balaban J connectivity index is 2.45. The molecule has 0 bridgehead atoms. The Hall–Kier alpha value is -1.00. The largest absolute Gasteiger partial charge is 0.396 e. The third-order valence-corrected chi connectivity index (χ3v) is 2.78. The number of benzene rings is 1. The fourth-order valence-electron chi connectivity index (χ4n) is 1.30. The monoisotopic (exact) mass is 239 g/mol. The number of hydrogen-bond donors (Lipinski definition) is 2. The molecular formula is C12H17NO2S. The Morgan fingerprint density at radius 3 is 2.62 bits per heavy atom. The second kappa shape index (κ2) is 7.30. The first-order valence-corrected chi connectivity index (χ1v) is 6.64. The van der Waals surface area contributed by atoms with Gasteiger partial charge in [0.05, 0.1) is 0 Å². The predicted octanol–water partition coefficient (Wildman–Crippen LogP) is 1.91. The van der Waals surface area contributed by atoms with E-state index >= 15 is 0 Å². The van der Waals surface area contributed by atoms with Crippen molar-refractivity contribution < 1.29 is 9.90 Å². The molecule has 0 aliphatic rings. The first-order chi connectivity index (χ1) is 7.76. The zero-order valence-corrected chi connectivity index (χ0v) is 10.2. The molecule has 1 aromatic rings. The summed E-state index contributed by atoms with van der Waals surface area (Å²) in [6.45, 7) is 0.152. The first kappa shape index (κ1) is 13.1. The van der Waals surface area contributed by atoms with Gasteiger partial charge in [0.25, 0.3) is 0 Å². The summed E-state index contributed by atoms with van der Waals surface area (Å²) < 4.78 is 0. The van der Waals surface area contributed by atoms with E-state index in [2.05, 4.69) is 5.32 Å². The Bertz CT molecular complexity index is 324. The van der Waals surface area contributed by atoms with Gasteiger partial charge in [-0.2, -0.15) is 11.8 Å². The minimum atomic E-state index is 0.0456. The van der Waals surface area contributed by atoms with Gasteiger partial charge < -0.3 is 10.4 Å². The molecule has 0 unspecified atom stereocenters. The molecule has 1 aromatic carbocycles. The van der Waals surface area contributed by atoms with Gasteiger partial charge in [-0.3, -0.25) is 4.79 Å².